The zero-order chi connectivity index (χ0) is 13.9. The number of alkyl halides is 4. The Morgan fingerprint density at radius 2 is 2.00 bits per heavy atom. The van der Waals surface area contributed by atoms with Crippen LogP contribution in [0.25, 0.3) is 0 Å². The first-order valence-corrected chi connectivity index (χ1v) is 4.91. The van der Waals surface area contributed by atoms with Gasteiger partial charge in [-0.05, 0) is 24.6 Å². The van der Waals surface area contributed by atoms with Crippen molar-refractivity contribution in [1.82, 2.24) is 0 Å². The lowest BCUT2D eigenvalue weighted by Gasteiger charge is -2.16. The molecule has 0 aliphatic carbocycles. The zero-order valence-electron chi connectivity index (χ0n) is 9.64. The van der Waals surface area contributed by atoms with Crippen LogP contribution in [-0.2, 0) is 4.79 Å². The average molecular weight is 265 g/mol. The normalized spacial score (nSPS) is 11.5. The number of benzene rings is 1. The van der Waals surface area contributed by atoms with E-state index in [-0.39, 0.29) is 11.4 Å². The molecule has 0 atom stereocenters. The number of carbonyl (C=O) groups is 1. The lowest BCUT2D eigenvalue weighted by molar-refractivity contribution is -0.163. The van der Waals surface area contributed by atoms with E-state index in [1.165, 1.54) is 25.3 Å². The van der Waals surface area contributed by atoms with Gasteiger partial charge in [0.25, 0.3) is 0 Å². The predicted octanol–water partition coefficient (Wildman–Crippen LogP) is 2.84. The summed E-state index contributed by atoms with van der Waals surface area (Å²) >= 11 is 0. The van der Waals surface area contributed by atoms with E-state index in [0.717, 1.165) is 5.56 Å². The molecule has 1 aromatic carbocycles. The summed E-state index contributed by atoms with van der Waals surface area (Å²) in [6, 6.07) is 4.31. The van der Waals surface area contributed by atoms with Crippen molar-refractivity contribution >= 4 is 11.6 Å². The van der Waals surface area contributed by atoms with E-state index < -0.39 is 18.3 Å². The summed E-state index contributed by atoms with van der Waals surface area (Å²) in [5.74, 6) is -6.69. The van der Waals surface area contributed by atoms with Crippen molar-refractivity contribution < 1.29 is 27.1 Å². The van der Waals surface area contributed by atoms with Crippen molar-refractivity contribution in [3.63, 3.8) is 0 Å². The Morgan fingerprint density at radius 3 is 2.50 bits per heavy atom. The van der Waals surface area contributed by atoms with E-state index in [4.69, 9.17) is 4.74 Å². The summed E-state index contributed by atoms with van der Waals surface area (Å²) in [4.78, 5) is 11.0. The first-order chi connectivity index (χ1) is 8.28. The van der Waals surface area contributed by atoms with E-state index in [9.17, 15) is 22.4 Å². The number of halogens is 4. The quantitative estimate of drug-likeness (QED) is 0.850. The largest absolute Gasteiger partial charge is 0.495 e. The molecule has 0 heterocycles. The minimum atomic E-state index is -4.74. The number of hydrogen-bond acceptors (Lipinski definition) is 2. The topological polar surface area (TPSA) is 38.3 Å². The molecule has 1 amide bonds. The molecule has 100 valence electrons. The molecule has 0 unspecified atom stereocenters. The molecule has 3 nitrogen and oxygen atoms in total. The van der Waals surface area contributed by atoms with Gasteiger partial charge in [0.15, 0.2) is 0 Å². The highest BCUT2D eigenvalue weighted by Gasteiger charge is 2.49. The predicted molar refractivity (Wildman–Crippen MR) is 57.3 cm³/mol. The molecule has 0 aliphatic rings. The van der Waals surface area contributed by atoms with E-state index in [1.807, 2.05) is 0 Å². The van der Waals surface area contributed by atoms with E-state index in [1.54, 1.807) is 12.2 Å². The van der Waals surface area contributed by atoms with Gasteiger partial charge in [0.2, 0.25) is 0 Å². The Hall–Kier alpha value is -1.79. The van der Waals surface area contributed by atoms with Crippen LogP contribution in [-0.4, -0.2) is 25.4 Å². The summed E-state index contributed by atoms with van der Waals surface area (Å²) in [5, 5.41) is 1.72. The summed E-state index contributed by atoms with van der Waals surface area (Å²) in [5.41, 5.74) is 0.680. The lowest BCUT2D eigenvalue weighted by atomic mass is 10.2. The average Bonchev–Trinajstić information content (AvgIpc) is 2.30. The summed E-state index contributed by atoms with van der Waals surface area (Å²) in [7, 11) is 1.27. The van der Waals surface area contributed by atoms with Gasteiger partial charge in [0, 0.05) is 0 Å². The van der Waals surface area contributed by atoms with Crippen molar-refractivity contribution in [3.05, 3.63) is 23.8 Å². The number of hydrogen-bond donors (Lipinski definition) is 1. The lowest BCUT2D eigenvalue weighted by Crippen LogP contribution is -2.41. The van der Waals surface area contributed by atoms with Crippen LogP contribution in [0.1, 0.15) is 5.56 Å². The number of ether oxygens (including phenoxy) is 1. The second-order valence-electron chi connectivity index (χ2n) is 3.58. The number of anilines is 1. The maximum absolute atomic E-state index is 12.7. The third-order valence-corrected chi connectivity index (χ3v) is 2.18. The number of methoxy groups -OCH3 is 1. The Balaban J connectivity index is 2.95. The molecule has 0 radical (unpaired) electrons. The first-order valence-electron chi connectivity index (χ1n) is 4.91. The van der Waals surface area contributed by atoms with Gasteiger partial charge in [-0.1, -0.05) is 6.07 Å². The van der Waals surface area contributed by atoms with Gasteiger partial charge in [-0.15, -0.1) is 0 Å². The number of aryl methyl sites for hydroxylation is 1. The van der Waals surface area contributed by atoms with E-state index >= 15 is 0 Å². The molecular formula is C11H11F4NO2. The third kappa shape index (κ3) is 2.91. The fraction of sp³-hybridized carbons (Fsp3) is 0.364. The van der Waals surface area contributed by atoms with Gasteiger partial charge in [-0.25, -0.2) is 8.78 Å². The highest BCUT2D eigenvalue weighted by Crippen LogP contribution is 2.29. The summed E-state index contributed by atoms with van der Waals surface area (Å²) < 4.78 is 54.3. The van der Waals surface area contributed by atoms with Gasteiger partial charge in [0.05, 0.1) is 12.8 Å². The van der Waals surface area contributed by atoms with Gasteiger partial charge in [0.1, 0.15) is 5.75 Å². The maximum Gasteiger partial charge on any atom is 0.383 e. The van der Waals surface area contributed by atoms with Crippen molar-refractivity contribution in [2.45, 2.75) is 19.3 Å². The van der Waals surface area contributed by atoms with Crippen LogP contribution in [0.3, 0.4) is 0 Å². The number of rotatable bonds is 4. The SMILES string of the molecule is COc1cc(C)ccc1NC(=O)C(F)(F)C(F)F. The minimum absolute atomic E-state index is 0.0894. The molecule has 0 saturated heterocycles. The van der Waals surface area contributed by atoms with E-state index in [2.05, 4.69) is 0 Å². The van der Waals surface area contributed by atoms with Gasteiger partial charge in [-0.3, -0.25) is 4.79 Å². The summed E-state index contributed by atoms with van der Waals surface area (Å²) in [6.07, 6.45) is -4.06. The molecule has 0 saturated carbocycles. The number of nitrogens with one attached hydrogen (secondary N) is 1. The van der Waals surface area contributed by atoms with E-state index in [0.29, 0.717) is 0 Å². The third-order valence-electron chi connectivity index (χ3n) is 2.18. The van der Waals surface area contributed by atoms with Gasteiger partial charge in [-0.2, -0.15) is 8.78 Å². The maximum atomic E-state index is 12.7. The second kappa shape index (κ2) is 5.24. The molecular weight excluding hydrogens is 254 g/mol. The van der Waals surface area contributed by atoms with Crippen LogP contribution >= 0.6 is 0 Å². The fourth-order valence-corrected chi connectivity index (χ4v) is 1.21. The smallest absolute Gasteiger partial charge is 0.383 e. The van der Waals surface area contributed by atoms with Crippen molar-refractivity contribution in [1.29, 1.82) is 0 Å². The minimum Gasteiger partial charge on any atom is -0.495 e. The molecule has 0 aromatic heterocycles. The molecule has 0 aliphatic heterocycles. The van der Waals surface area contributed by atoms with Gasteiger partial charge >= 0.3 is 18.3 Å². The number of carbonyl (C=O) groups excluding carboxylic acids is 1. The highest BCUT2D eigenvalue weighted by atomic mass is 19.3. The van der Waals surface area contributed by atoms with Crippen LogP contribution in [0.5, 0.6) is 5.75 Å². The molecule has 18 heavy (non-hydrogen) atoms. The van der Waals surface area contributed by atoms with Gasteiger partial charge < -0.3 is 10.1 Å². The van der Waals surface area contributed by atoms with Crippen molar-refractivity contribution in [2.75, 3.05) is 12.4 Å². The Bertz CT molecular complexity index is 449. The molecule has 1 N–H and O–H groups in total. The van der Waals surface area contributed by atoms with Crippen LogP contribution in [0, 0.1) is 6.92 Å². The monoisotopic (exact) mass is 265 g/mol. The van der Waals surface area contributed by atoms with Crippen LogP contribution in [0.2, 0.25) is 0 Å². The Morgan fingerprint density at radius 1 is 1.39 bits per heavy atom. The van der Waals surface area contributed by atoms with Crippen molar-refractivity contribution in [3.8, 4) is 5.75 Å². The molecule has 0 spiro atoms. The molecule has 1 aromatic rings. The molecule has 0 bridgehead atoms. The first kappa shape index (κ1) is 14.3. The summed E-state index contributed by atoms with van der Waals surface area (Å²) in [6.45, 7) is 1.72. The molecule has 0 fully saturated rings. The zero-order valence-corrected chi connectivity index (χ0v) is 9.64. The molecule has 1 rings (SSSR count). The standard InChI is InChI=1S/C11H11F4NO2/c1-6-3-4-7(8(5-6)18-2)16-10(17)11(14,15)9(12)13/h3-5,9H,1-2H3,(H,16,17). The van der Waals surface area contributed by atoms with Crippen LogP contribution in [0.4, 0.5) is 23.2 Å². The Kier molecular flexibility index (Phi) is 4.15. The fourth-order valence-electron chi connectivity index (χ4n) is 1.21. The van der Waals surface area contributed by atoms with Crippen LogP contribution < -0.4 is 10.1 Å². The van der Waals surface area contributed by atoms with Crippen LogP contribution in [0.15, 0.2) is 18.2 Å². The molecule has 7 heteroatoms. The highest BCUT2D eigenvalue weighted by molar-refractivity contribution is 5.97. The van der Waals surface area contributed by atoms with Crippen molar-refractivity contribution in [2.24, 2.45) is 0 Å². The second-order valence-corrected chi connectivity index (χ2v) is 3.58. The number of amides is 1. The Labute approximate surface area is 101 Å².